The number of benzene rings is 2. The van der Waals surface area contributed by atoms with E-state index in [0.717, 1.165) is 4.68 Å². The van der Waals surface area contributed by atoms with Crippen LogP contribution >= 0.6 is 0 Å². The van der Waals surface area contributed by atoms with Crippen molar-refractivity contribution in [2.24, 2.45) is 0 Å². The molecule has 1 heterocycles. The van der Waals surface area contributed by atoms with E-state index in [1.807, 2.05) is 0 Å². The largest absolute Gasteiger partial charge is 0.346 e. The van der Waals surface area contributed by atoms with E-state index in [1.165, 1.54) is 6.92 Å². The van der Waals surface area contributed by atoms with Crippen molar-refractivity contribution in [2.75, 3.05) is 5.32 Å². The molecule has 0 spiro atoms. The first-order valence-corrected chi connectivity index (χ1v) is 8.46. The summed E-state index contributed by atoms with van der Waals surface area (Å²) < 4.78 is 42.5. The van der Waals surface area contributed by atoms with E-state index in [0.29, 0.717) is 17.7 Å². The third-order valence-electron chi connectivity index (χ3n) is 4.11. The number of nitrogens with one attached hydrogen (secondary N) is 1. The fourth-order valence-electron chi connectivity index (χ4n) is 2.83. The summed E-state index contributed by atoms with van der Waals surface area (Å²) in [5.74, 6) is -4.07. The van der Waals surface area contributed by atoms with Gasteiger partial charge in [0, 0.05) is 24.2 Å². The molecule has 2 aromatic carbocycles. The van der Waals surface area contributed by atoms with Crippen molar-refractivity contribution in [3.8, 4) is 11.3 Å². The highest BCUT2D eigenvalue weighted by molar-refractivity contribution is 6.05. The summed E-state index contributed by atoms with van der Waals surface area (Å²) in [7, 11) is 0. The lowest BCUT2D eigenvalue weighted by Crippen LogP contribution is -2.28. The first-order valence-electron chi connectivity index (χ1n) is 8.46. The number of ketones is 1. The third kappa shape index (κ3) is 3.53. The lowest BCUT2D eigenvalue weighted by molar-refractivity contribution is 0.101. The molecule has 3 rings (SSSR count). The Morgan fingerprint density at radius 3 is 2.21 bits per heavy atom. The number of carbonyl (C=O) groups excluding carboxylic acids is 1. The zero-order valence-corrected chi connectivity index (χ0v) is 15.1. The quantitative estimate of drug-likeness (QED) is 0.664. The highest BCUT2D eigenvalue weighted by Crippen LogP contribution is 2.29. The normalized spacial score (nSPS) is 10.8. The summed E-state index contributed by atoms with van der Waals surface area (Å²) in [6.45, 7) is 3.06. The van der Waals surface area contributed by atoms with E-state index in [1.54, 1.807) is 37.3 Å². The Kier molecular flexibility index (Phi) is 5.30. The average Bonchev–Trinajstić information content (AvgIpc) is 2.65. The Morgan fingerprint density at radius 1 is 1.07 bits per heavy atom. The minimum absolute atomic E-state index is 0.107. The van der Waals surface area contributed by atoms with Crippen LogP contribution < -0.4 is 10.9 Å². The summed E-state index contributed by atoms with van der Waals surface area (Å²) >= 11 is 0. The predicted molar refractivity (Wildman–Crippen MR) is 99.2 cm³/mol. The van der Waals surface area contributed by atoms with Crippen LogP contribution in [0, 0.1) is 17.5 Å². The molecular weight excluding hydrogens is 371 g/mol. The maximum absolute atomic E-state index is 14.1. The number of hydrogen-bond acceptors (Lipinski definition) is 4. The van der Waals surface area contributed by atoms with Crippen molar-refractivity contribution in [3.05, 3.63) is 75.8 Å². The van der Waals surface area contributed by atoms with Crippen molar-refractivity contribution in [1.82, 2.24) is 9.78 Å². The number of aromatic nitrogens is 2. The number of halogens is 3. The second-order valence-corrected chi connectivity index (χ2v) is 6.01. The lowest BCUT2D eigenvalue weighted by atomic mass is 10.0. The molecule has 0 amide bonds. The molecule has 0 saturated heterocycles. The van der Waals surface area contributed by atoms with Crippen LogP contribution in [-0.4, -0.2) is 15.6 Å². The smallest absolute Gasteiger partial charge is 0.291 e. The van der Waals surface area contributed by atoms with Gasteiger partial charge >= 0.3 is 0 Å². The molecule has 0 aliphatic rings. The number of carbonyl (C=O) groups is 1. The fraction of sp³-hybridized carbons (Fsp3) is 0.150. The lowest BCUT2D eigenvalue weighted by Gasteiger charge is -2.16. The van der Waals surface area contributed by atoms with E-state index in [4.69, 9.17) is 0 Å². The van der Waals surface area contributed by atoms with Crippen LogP contribution in [0.2, 0.25) is 0 Å². The topological polar surface area (TPSA) is 64.0 Å². The van der Waals surface area contributed by atoms with E-state index in [9.17, 15) is 22.8 Å². The Bertz CT molecular complexity index is 1090. The molecule has 0 atom stereocenters. The predicted octanol–water partition coefficient (Wildman–Crippen LogP) is 4.29. The van der Waals surface area contributed by atoms with Crippen molar-refractivity contribution >= 4 is 17.2 Å². The second kappa shape index (κ2) is 7.67. The molecule has 1 aromatic heterocycles. The molecule has 0 unspecified atom stereocenters. The molecular formula is C20H16F3N3O2. The highest BCUT2D eigenvalue weighted by atomic mass is 19.1. The molecule has 8 heteroatoms. The third-order valence-corrected chi connectivity index (χ3v) is 4.11. The monoisotopic (exact) mass is 387 g/mol. The van der Waals surface area contributed by atoms with Crippen LogP contribution in [0.25, 0.3) is 11.3 Å². The van der Waals surface area contributed by atoms with Crippen LogP contribution in [0.1, 0.15) is 24.2 Å². The van der Waals surface area contributed by atoms with Gasteiger partial charge in [-0.2, -0.15) is 5.10 Å². The number of anilines is 2. The second-order valence-electron chi connectivity index (χ2n) is 6.01. The molecule has 0 aliphatic heterocycles. The van der Waals surface area contributed by atoms with Crippen LogP contribution in [0.3, 0.4) is 0 Å². The average molecular weight is 387 g/mol. The number of rotatable bonds is 5. The van der Waals surface area contributed by atoms with Gasteiger partial charge in [-0.05, 0) is 13.8 Å². The summed E-state index contributed by atoms with van der Waals surface area (Å²) in [5.41, 5.74) is -1.14. The first-order chi connectivity index (χ1) is 13.3. The van der Waals surface area contributed by atoms with Crippen LogP contribution in [0.4, 0.5) is 24.5 Å². The maximum atomic E-state index is 14.1. The van der Waals surface area contributed by atoms with Crippen LogP contribution in [-0.2, 0) is 6.54 Å². The highest BCUT2D eigenvalue weighted by Gasteiger charge is 2.24. The molecule has 3 aromatic rings. The van der Waals surface area contributed by atoms with Gasteiger partial charge in [0.1, 0.15) is 22.9 Å². The zero-order valence-electron chi connectivity index (χ0n) is 15.1. The van der Waals surface area contributed by atoms with Gasteiger partial charge in [0.2, 0.25) is 0 Å². The van der Waals surface area contributed by atoms with Crippen molar-refractivity contribution in [1.29, 1.82) is 0 Å². The Morgan fingerprint density at radius 2 is 1.68 bits per heavy atom. The van der Waals surface area contributed by atoms with Gasteiger partial charge in [0.05, 0.1) is 5.56 Å². The van der Waals surface area contributed by atoms with Gasteiger partial charge in [0.25, 0.3) is 5.56 Å². The Labute approximate surface area is 158 Å². The van der Waals surface area contributed by atoms with Crippen molar-refractivity contribution in [2.45, 2.75) is 20.4 Å². The van der Waals surface area contributed by atoms with Gasteiger partial charge in [-0.3, -0.25) is 9.59 Å². The van der Waals surface area contributed by atoms with Crippen LogP contribution in [0.15, 0.2) is 47.3 Å². The number of hydrogen-bond donors (Lipinski definition) is 1. The zero-order chi connectivity index (χ0) is 20.4. The minimum atomic E-state index is -1.23. The van der Waals surface area contributed by atoms with Crippen molar-refractivity contribution < 1.29 is 18.0 Å². The molecule has 5 nitrogen and oxygen atoms in total. The molecule has 28 heavy (non-hydrogen) atoms. The summed E-state index contributed by atoms with van der Waals surface area (Å²) in [6, 6.07) is 9.59. The van der Waals surface area contributed by atoms with Crippen LogP contribution in [0.5, 0.6) is 0 Å². The van der Waals surface area contributed by atoms with E-state index in [-0.39, 0.29) is 23.5 Å². The molecule has 144 valence electrons. The molecule has 0 fully saturated rings. The SMILES string of the molecule is CCn1nc(-c2ccccc2)c(C(C)=O)c(Nc2c(F)cc(F)cc2F)c1=O. The summed E-state index contributed by atoms with van der Waals surface area (Å²) in [4.78, 5) is 25.1. The van der Waals surface area contributed by atoms with Gasteiger partial charge < -0.3 is 5.32 Å². The number of Topliss-reactive ketones (excluding diaryl/α,β-unsaturated/α-hetero) is 1. The van der Waals surface area contributed by atoms with Gasteiger partial charge in [-0.15, -0.1) is 0 Å². The molecule has 0 saturated carbocycles. The maximum Gasteiger partial charge on any atom is 0.291 e. The minimum Gasteiger partial charge on any atom is -0.346 e. The first kappa shape index (κ1) is 19.3. The number of nitrogens with zero attached hydrogens (tertiary/aromatic N) is 2. The molecule has 0 bridgehead atoms. The summed E-state index contributed by atoms with van der Waals surface area (Å²) in [5, 5.41) is 6.60. The van der Waals surface area contributed by atoms with Crippen molar-refractivity contribution in [3.63, 3.8) is 0 Å². The van der Waals surface area contributed by atoms with E-state index < -0.39 is 34.5 Å². The fourth-order valence-corrected chi connectivity index (χ4v) is 2.83. The van der Waals surface area contributed by atoms with Gasteiger partial charge in [0.15, 0.2) is 17.4 Å². The van der Waals surface area contributed by atoms with E-state index >= 15 is 0 Å². The molecule has 1 N–H and O–H groups in total. The van der Waals surface area contributed by atoms with Gasteiger partial charge in [-0.25, -0.2) is 17.9 Å². The molecule has 0 radical (unpaired) electrons. The van der Waals surface area contributed by atoms with Gasteiger partial charge in [-0.1, -0.05) is 30.3 Å². The molecule has 0 aliphatic carbocycles. The summed E-state index contributed by atoms with van der Waals surface area (Å²) in [6.07, 6.45) is 0. The Balaban J connectivity index is 2.31. The van der Waals surface area contributed by atoms with E-state index in [2.05, 4.69) is 10.4 Å². The Hall–Kier alpha value is -3.42. The standard InChI is InChI=1S/C20H16F3N3O2/c1-3-26-20(28)19(24-18-14(22)9-13(21)10-15(18)23)16(11(2)27)17(25-26)12-7-5-4-6-8-12/h4-10,24H,3H2,1-2H3. The number of aryl methyl sites for hydroxylation is 1.